The van der Waals surface area contributed by atoms with Gasteiger partial charge < -0.3 is 5.32 Å². The molecule has 0 fully saturated rings. The van der Waals surface area contributed by atoms with E-state index in [4.69, 9.17) is 0 Å². The smallest absolute Gasteiger partial charge is 0.252 e. The van der Waals surface area contributed by atoms with Crippen LogP contribution < -0.4 is 5.32 Å². The Labute approximate surface area is 141 Å². The van der Waals surface area contributed by atoms with Crippen LogP contribution in [0.25, 0.3) is 0 Å². The third-order valence-electron chi connectivity index (χ3n) is 4.01. The molecular formula is C21H18FNO. The highest BCUT2D eigenvalue weighted by molar-refractivity contribution is 5.94. The van der Waals surface area contributed by atoms with E-state index in [2.05, 4.69) is 5.32 Å². The van der Waals surface area contributed by atoms with Gasteiger partial charge in [0.15, 0.2) is 0 Å². The summed E-state index contributed by atoms with van der Waals surface area (Å²) < 4.78 is 13.1. The van der Waals surface area contributed by atoms with Crippen molar-refractivity contribution in [3.8, 4) is 0 Å². The zero-order chi connectivity index (χ0) is 16.9. The first-order valence-electron chi connectivity index (χ1n) is 7.82. The fourth-order valence-electron chi connectivity index (χ4n) is 2.71. The Morgan fingerprint density at radius 2 is 1.50 bits per heavy atom. The molecule has 0 heterocycles. The number of benzene rings is 3. The molecule has 2 nitrogen and oxygen atoms in total. The largest absolute Gasteiger partial charge is 0.341 e. The van der Waals surface area contributed by atoms with E-state index < -0.39 is 0 Å². The minimum absolute atomic E-state index is 0.230. The fourth-order valence-corrected chi connectivity index (χ4v) is 2.71. The summed E-state index contributed by atoms with van der Waals surface area (Å²) in [6.45, 7) is 2.02. The van der Waals surface area contributed by atoms with Gasteiger partial charge in [-0.25, -0.2) is 4.39 Å². The van der Waals surface area contributed by atoms with Crippen LogP contribution in [0.3, 0.4) is 0 Å². The summed E-state index contributed by atoms with van der Waals surface area (Å²) in [6.07, 6.45) is 0. The van der Waals surface area contributed by atoms with E-state index in [0.29, 0.717) is 5.56 Å². The average molecular weight is 319 g/mol. The minimum Gasteiger partial charge on any atom is -0.341 e. The van der Waals surface area contributed by atoms with Gasteiger partial charge in [0.2, 0.25) is 0 Å². The highest BCUT2D eigenvalue weighted by Gasteiger charge is 2.19. The van der Waals surface area contributed by atoms with E-state index in [0.717, 1.165) is 16.7 Å². The van der Waals surface area contributed by atoms with Crippen LogP contribution in [0, 0.1) is 12.7 Å². The molecule has 0 aliphatic rings. The molecule has 1 N–H and O–H groups in total. The number of aryl methyl sites for hydroxylation is 1. The molecule has 3 aromatic rings. The van der Waals surface area contributed by atoms with Gasteiger partial charge in [-0.2, -0.15) is 0 Å². The maximum absolute atomic E-state index is 13.1. The molecule has 0 aliphatic carbocycles. The predicted octanol–water partition coefficient (Wildman–Crippen LogP) is 4.65. The van der Waals surface area contributed by atoms with Crippen molar-refractivity contribution in [3.63, 3.8) is 0 Å². The zero-order valence-corrected chi connectivity index (χ0v) is 13.4. The van der Waals surface area contributed by atoms with E-state index in [9.17, 15) is 9.18 Å². The van der Waals surface area contributed by atoms with Crippen molar-refractivity contribution in [2.75, 3.05) is 0 Å². The SMILES string of the molecule is Cc1ccccc1[C@@H](NC(=O)c1ccc(F)cc1)c1ccccc1. The highest BCUT2D eigenvalue weighted by atomic mass is 19.1. The van der Waals surface area contributed by atoms with Gasteiger partial charge in [0.25, 0.3) is 5.91 Å². The standard InChI is InChI=1S/C21H18FNO/c1-15-7-5-6-10-19(15)20(16-8-3-2-4-9-16)23-21(24)17-11-13-18(22)14-12-17/h2-14,20H,1H3,(H,23,24)/t20-/m0/s1. The Morgan fingerprint density at radius 1 is 0.875 bits per heavy atom. The van der Waals surface area contributed by atoms with Crippen LogP contribution in [0.4, 0.5) is 4.39 Å². The van der Waals surface area contributed by atoms with Gasteiger partial charge in [0.05, 0.1) is 6.04 Å². The van der Waals surface area contributed by atoms with Gasteiger partial charge in [-0.15, -0.1) is 0 Å². The molecule has 120 valence electrons. The Morgan fingerprint density at radius 3 is 2.17 bits per heavy atom. The normalized spacial score (nSPS) is 11.8. The van der Waals surface area contributed by atoms with Crippen molar-refractivity contribution >= 4 is 5.91 Å². The molecular weight excluding hydrogens is 301 g/mol. The van der Waals surface area contributed by atoms with Gasteiger partial charge in [-0.3, -0.25) is 4.79 Å². The first-order valence-corrected chi connectivity index (χ1v) is 7.82. The lowest BCUT2D eigenvalue weighted by Gasteiger charge is -2.21. The van der Waals surface area contributed by atoms with Crippen LogP contribution in [0.5, 0.6) is 0 Å². The molecule has 3 rings (SSSR count). The van der Waals surface area contributed by atoms with Crippen LogP contribution in [0.15, 0.2) is 78.9 Å². The summed E-state index contributed by atoms with van der Waals surface area (Å²) in [6, 6.07) is 23.1. The molecule has 1 amide bonds. The maximum atomic E-state index is 13.1. The predicted molar refractivity (Wildman–Crippen MR) is 93.3 cm³/mol. The van der Waals surface area contributed by atoms with Crippen molar-refractivity contribution in [2.24, 2.45) is 0 Å². The van der Waals surface area contributed by atoms with Crippen LogP contribution >= 0.6 is 0 Å². The van der Waals surface area contributed by atoms with E-state index in [-0.39, 0.29) is 17.8 Å². The van der Waals surface area contributed by atoms with Crippen LogP contribution in [0.1, 0.15) is 33.1 Å². The van der Waals surface area contributed by atoms with Crippen LogP contribution in [0.2, 0.25) is 0 Å². The monoisotopic (exact) mass is 319 g/mol. The number of hydrogen-bond donors (Lipinski definition) is 1. The quantitative estimate of drug-likeness (QED) is 0.745. The maximum Gasteiger partial charge on any atom is 0.252 e. The lowest BCUT2D eigenvalue weighted by molar-refractivity contribution is 0.0943. The number of nitrogens with one attached hydrogen (secondary N) is 1. The molecule has 0 spiro atoms. The number of carbonyl (C=O) groups excluding carboxylic acids is 1. The summed E-state index contributed by atoms with van der Waals surface area (Å²) >= 11 is 0. The van der Waals surface area contributed by atoms with Crippen molar-refractivity contribution < 1.29 is 9.18 Å². The Hall–Kier alpha value is -2.94. The summed E-state index contributed by atoms with van der Waals surface area (Å²) in [5, 5.41) is 3.06. The molecule has 1 atom stereocenters. The van der Waals surface area contributed by atoms with Gasteiger partial charge in [-0.05, 0) is 47.9 Å². The second kappa shape index (κ2) is 7.09. The van der Waals surface area contributed by atoms with Crippen molar-refractivity contribution in [1.82, 2.24) is 5.32 Å². The van der Waals surface area contributed by atoms with Crippen LogP contribution in [-0.2, 0) is 0 Å². The fraction of sp³-hybridized carbons (Fsp3) is 0.0952. The first-order chi connectivity index (χ1) is 11.6. The van der Waals surface area contributed by atoms with E-state index in [1.165, 1.54) is 24.3 Å². The lowest BCUT2D eigenvalue weighted by Crippen LogP contribution is -2.29. The van der Waals surface area contributed by atoms with Gasteiger partial charge in [0, 0.05) is 5.56 Å². The Bertz CT molecular complexity index is 828. The molecule has 0 unspecified atom stereocenters. The summed E-state index contributed by atoms with van der Waals surface area (Å²) in [5.74, 6) is -0.586. The van der Waals surface area contributed by atoms with E-state index in [1.54, 1.807) is 0 Å². The van der Waals surface area contributed by atoms with Crippen molar-refractivity contribution in [2.45, 2.75) is 13.0 Å². The summed E-state index contributed by atoms with van der Waals surface area (Å²) in [5.41, 5.74) is 3.58. The molecule has 0 radical (unpaired) electrons. The van der Waals surface area contributed by atoms with E-state index in [1.807, 2.05) is 61.5 Å². The molecule has 0 saturated carbocycles. The third-order valence-corrected chi connectivity index (χ3v) is 4.01. The second-order valence-corrected chi connectivity index (χ2v) is 5.68. The number of halogens is 1. The lowest BCUT2D eigenvalue weighted by atomic mass is 9.94. The summed E-state index contributed by atoms with van der Waals surface area (Å²) in [7, 11) is 0. The molecule has 0 aliphatic heterocycles. The summed E-state index contributed by atoms with van der Waals surface area (Å²) in [4.78, 5) is 12.6. The van der Waals surface area contributed by atoms with Crippen molar-refractivity contribution in [1.29, 1.82) is 0 Å². The third kappa shape index (κ3) is 3.51. The second-order valence-electron chi connectivity index (χ2n) is 5.68. The molecule has 3 heteroatoms. The van der Waals surface area contributed by atoms with Crippen molar-refractivity contribution in [3.05, 3.63) is 107 Å². The highest BCUT2D eigenvalue weighted by Crippen LogP contribution is 2.25. The molecule has 0 aromatic heterocycles. The number of amides is 1. The van der Waals surface area contributed by atoms with Gasteiger partial charge >= 0.3 is 0 Å². The Balaban J connectivity index is 1.95. The number of hydrogen-bond acceptors (Lipinski definition) is 1. The first kappa shape index (κ1) is 15.9. The Kier molecular flexibility index (Phi) is 4.71. The number of rotatable bonds is 4. The molecule has 24 heavy (non-hydrogen) atoms. The number of carbonyl (C=O) groups is 1. The topological polar surface area (TPSA) is 29.1 Å². The van der Waals surface area contributed by atoms with Crippen LogP contribution in [-0.4, -0.2) is 5.91 Å². The van der Waals surface area contributed by atoms with Gasteiger partial charge in [0.1, 0.15) is 5.82 Å². The molecule has 0 bridgehead atoms. The molecule has 3 aromatic carbocycles. The average Bonchev–Trinajstić information content (AvgIpc) is 2.61. The molecule has 0 saturated heterocycles. The van der Waals surface area contributed by atoms with Gasteiger partial charge in [-0.1, -0.05) is 54.6 Å². The zero-order valence-electron chi connectivity index (χ0n) is 13.4. The van der Waals surface area contributed by atoms with E-state index >= 15 is 0 Å². The minimum atomic E-state index is -0.356.